The Kier molecular flexibility index (Phi) is 2.71. The molecule has 3 fully saturated rings. The van der Waals surface area contributed by atoms with Gasteiger partial charge < -0.3 is 0 Å². The van der Waals surface area contributed by atoms with Crippen molar-refractivity contribution in [3.05, 3.63) is 11.6 Å². The summed E-state index contributed by atoms with van der Waals surface area (Å²) in [5.74, 6) is 3.12. The van der Waals surface area contributed by atoms with Gasteiger partial charge in [0.2, 0.25) is 0 Å². The Balaban J connectivity index is 1.70. The molecule has 0 spiro atoms. The van der Waals surface area contributed by atoms with Crippen molar-refractivity contribution in [3.63, 3.8) is 0 Å². The molecule has 0 radical (unpaired) electrons. The van der Waals surface area contributed by atoms with Crippen LogP contribution in [0.15, 0.2) is 11.6 Å². The van der Waals surface area contributed by atoms with Crippen molar-refractivity contribution in [3.8, 4) is 0 Å². The minimum atomic E-state index is 0.602. The zero-order chi connectivity index (χ0) is 13.1. The molecule has 0 aromatic heterocycles. The SMILES string of the molecule is C[C@@]12CCC[C@H]1[C@@H]1CC=C3CCCC[C@]3(C)[C@@H]1CC2. The van der Waals surface area contributed by atoms with Gasteiger partial charge in [-0.1, -0.05) is 38.3 Å². The molecule has 0 unspecified atom stereocenters. The molecule has 0 saturated heterocycles. The van der Waals surface area contributed by atoms with Crippen molar-refractivity contribution in [2.75, 3.05) is 0 Å². The van der Waals surface area contributed by atoms with Crippen LogP contribution in [0.3, 0.4) is 0 Å². The van der Waals surface area contributed by atoms with Gasteiger partial charge in [-0.15, -0.1) is 0 Å². The van der Waals surface area contributed by atoms with Crippen molar-refractivity contribution < 1.29 is 0 Å². The highest BCUT2D eigenvalue weighted by atomic mass is 14.6. The third-order valence-corrected chi connectivity index (χ3v) is 7.80. The molecule has 0 aromatic rings. The van der Waals surface area contributed by atoms with E-state index in [1.165, 1.54) is 64.2 Å². The Morgan fingerprint density at radius 3 is 2.74 bits per heavy atom. The Bertz CT molecular complexity index is 406. The molecule has 0 heteroatoms. The predicted octanol–water partition coefficient (Wildman–Crippen LogP) is 5.73. The van der Waals surface area contributed by atoms with Crippen molar-refractivity contribution in [1.29, 1.82) is 0 Å². The van der Waals surface area contributed by atoms with Crippen LogP contribution in [0.2, 0.25) is 0 Å². The standard InChI is InChI=1S/C19H30/c1-18-11-5-7-16(18)15-9-8-14-6-3-4-12-19(14,2)17(15)10-13-18/h8,15-17H,3-7,9-13H2,1-2H3/t15-,16-,17+,18-,19-/m0/s1. The lowest BCUT2D eigenvalue weighted by Crippen LogP contribution is -2.48. The van der Waals surface area contributed by atoms with E-state index >= 15 is 0 Å². The Hall–Kier alpha value is -0.260. The first kappa shape index (κ1) is 12.5. The van der Waals surface area contributed by atoms with Crippen LogP contribution in [-0.2, 0) is 0 Å². The molecule has 0 N–H and O–H groups in total. The highest BCUT2D eigenvalue weighted by molar-refractivity contribution is 5.23. The minimum Gasteiger partial charge on any atom is -0.0845 e. The molecule has 106 valence electrons. The Morgan fingerprint density at radius 1 is 0.947 bits per heavy atom. The summed E-state index contributed by atoms with van der Waals surface area (Å²) < 4.78 is 0. The number of allylic oxidation sites excluding steroid dienone is 2. The molecule has 3 saturated carbocycles. The second-order valence-corrected chi connectivity index (χ2v) is 8.55. The van der Waals surface area contributed by atoms with E-state index in [1.807, 2.05) is 5.57 Å². The Morgan fingerprint density at radius 2 is 1.84 bits per heavy atom. The fourth-order valence-electron chi connectivity index (χ4n) is 6.69. The summed E-state index contributed by atoms with van der Waals surface area (Å²) in [5.41, 5.74) is 3.18. The molecule has 0 aliphatic heterocycles. The van der Waals surface area contributed by atoms with Gasteiger partial charge >= 0.3 is 0 Å². The fraction of sp³-hybridized carbons (Fsp3) is 0.895. The maximum absolute atomic E-state index is 2.70. The third-order valence-electron chi connectivity index (χ3n) is 7.80. The van der Waals surface area contributed by atoms with Gasteiger partial charge in [0.05, 0.1) is 0 Å². The average Bonchev–Trinajstić information content (AvgIpc) is 2.79. The molecule has 0 nitrogen and oxygen atoms in total. The van der Waals surface area contributed by atoms with Crippen LogP contribution in [-0.4, -0.2) is 0 Å². The lowest BCUT2D eigenvalue weighted by molar-refractivity contribution is -0.0248. The summed E-state index contributed by atoms with van der Waals surface area (Å²) in [6.07, 6.45) is 17.6. The highest BCUT2D eigenvalue weighted by Gasteiger charge is 2.54. The molecule has 0 heterocycles. The number of fused-ring (bicyclic) bond motifs is 5. The van der Waals surface area contributed by atoms with Gasteiger partial charge in [0.25, 0.3) is 0 Å². The minimum absolute atomic E-state index is 0.602. The van der Waals surface area contributed by atoms with Gasteiger partial charge in [-0.2, -0.15) is 0 Å². The normalized spacial score (nSPS) is 52.9. The van der Waals surface area contributed by atoms with Gasteiger partial charge in [0.15, 0.2) is 0 Å². The van der Waals surface area contributed by atoms with E-state index in [1.54, 1.807) is 0 Å². The predicted molar refractivity (Wildman–Crippen MR) is 80.9 cm³/mol. The summed E-state index contributed by atoms with van der Waals surface area (Å²) in [5, 5.41) is 0. The first-order valence-electron chi connectivity index (χ1n) is 8.83. The van der Waals surface area contributed by atoms with Crippen LogP contribution >= 0.6 is 0 Å². The fourth-order valence-corrected chi connectivity index (χ4v) is 6.69. The maximum atomic E-state index is 2.70. The van der Waals surface area contributed by atoms with E-state index in [0.29, 0.717) is 5.41 Å². The van der Waals surface area contributed by atoms with Crippen LogP contribution in [0.4, 0.5) is 0 Å². The molecule has 4 aliphatic carbocycles. The highest BCUT2D eigenvalue weighted by Crippen LogP contribution is 2.64. The van der Waals surface area contributed by atoms with E-state index in [9.17, 15) is 0 Å². The smallest absolute Gasteiger partial charge is 0.00853 e. The van der Waals surface area contributed by atoms with Gasteiger partial charge in [0, 0.05) is 0 Å². The topological polar surface area (TPSA) is 0 Å². The summed E-state index contributed by atoms with van der Waals surface area (Å²) in [4.78, 5) is 0. The lowest BCUT2D eigenvalue weighted by atomic mass is 9.48. The Labute approximate surface area is 119 Å². The van der Waals surface area contributed by atoms with Gasteiger partial charge in [-0.25, -0.2) is 0 Å². The molecule has 4 aliphatic rings. The van der Waals surface area contributed by atoms with E-state index in [-0.39, 0.29) is 0 Å². The van der Waals surface area contributed by atoms with E-state index in [4.69, 9.17) is 0 Å². The van der Waals surface area contributed by atoms with Crippen LogP contribution in [0.5, 0.6) is 0 Å². The van der Waals surface area contributed by atoms with E-state index < -0.39 is 0 Å². The van der Waals surface area contributed by atoms with Crippen LogP contribution in [0.1, 0.15) is 78.1 Å². The number of rotatable bonds is 0. The molecular formula is C19H30. The molecule has 0 bridgehead atoms. The van der Waals surface area contributed by atoms with Crippen molar-refractivity contribution in [2.24, 2.45) is 28.6 Å². The molecule has 19 heavy (non-hydrogen) atoms. The third kappa shape index (κ3) is 1.64. The summed E-state index contributed by atoms with van der Waals surface area (Å²) in [6, 6.07) is 0. The van der Waals surface area contributed by atoms with Crippen LogP contribution in [0, 0.1) is 28.6 Å². The van der Waals surface area contributed by atoms with Gasteiger partial charge in [0.1, 0.15) is 0 Å². The average molecular weight is 258 g/mol. The lowest BCUT2D eigenvalue weighted by Gasteiger charge is -2.56. The largest absolute Gasteiger partial charge is 0.0845 e. The summed E-state index contributed by atoms with van der Waals surface area (Å²) in [6.45, 7) is 5.25. The molecule has 5 atom stereocenters. The maximum Gasteiger partial charge on any atom is -0.00853 e. The zero-order valence-corrected chi connectivity index (χ0v) is 12.9. The van der Waals surface area contributed by atoms with Gasteiger partial charge in [-0.3, -0.25) is 0 Å². The summed E-state index contributed by atoms with van der Waals surface area (Å²) >= 11 is 0. The van der Waals surface area contributed by atoms with Crippen LogP contribution < -0.4 is 0 Å². The van der Waals surface area contributed by atoms with Crippen molar-refractivity contribution in [1.82, 2.24) is 0 Å². The van der Waals surface area contributed by atoms with Gasteiger partial charge in [-0.05, 0) is 80.0 Å². The monoisotopic (exact) mass is 258 g/mol. The molecule has 0 aromatic carbocycles. The zero-order valence-electron chi connectivity index (χ0n) is 12.9. The number of hydrogen-bond donors (Lipinski definition) is 0. The van der Waals surface area contributed by atoms with E-state index in [0.717, 1.165) is 23.2 Å². The number of hydrogen-bond acceptors (Lipinski definition) is 0. The first-order chi connectivity index (χ1) is 9.13. The van der Waals surface area contributed by atoms with E-state index in [2.05, 4.69) is 19.9 Å². The summed E-state index contributed by atoms with van der Waals surface area (Å²) in [7, 11) is 0. The quantitative estimate of drug-likeness (QED) is 0.487. The molecular weight excluding hydrogens is 228 g/mol. The van der Waals surface area contributed by atoms with Crippen LogP contribution in [0.25, 0.3) is 0 Å². The second kappa shape index (κ2) is 4.12. The molecule has 4 rings (SSSR count). The van der Waals surface area contributed by atoms with Crippen molar-refractivity contribution >= 4 is 0 Å². The van der Waals surface area contributed by atoms with Crippen molar-refractivity contribution in [2.45, 2.75) is 78.1 Å². The molecule has 0 amide bonds. The second-order valence-electron chi connectivity index (χ2n) is 8.55. The first-order valence-corrected chi connectivity index (χ1v) is 8.83.